The van der Waals surface area contributed by atoms with Crippen LogP contribution in [0.15, 0.2) is 55.5 Å². The molecule has 6 fully saturated rings. The van der Waals surface area contributed by atoms with E-state index in [0.29, 0.717) is 73.0 Å². The van der Waals surface area contributed by atoms with E-state index in [1.807, 2.05) is 99.4 Å². The molecule has 3 aromatic rings. The van der Waals surface area contributed by atoms with Gasteiger partial charge >= 0.3 is 18.3 Å². The van der Waals surface area contributed by atoms with Crippen molar-refractivity contribution in [2.75, 3.05) is 85.8 Å². The highest BCUT2D eigenvalue weighted by atomic mass is 16.6. The number of carbonyl (C=O) groups is 6. The van der Waals surface area contributed by atoms with E-state index in [2.05, 4.69) is 46.4 Å². The molecule has 3 saturated carbocycles. The molecule has 0 spiro atoms. The van der Waals surface area contributed by atoms with Gasteiger partial charge in [0.2, 0.25) is 17.7 Å². The van der Waals surface area contributed by atoms with Gasteiger partial charge in [-0.25, -0.2) is 24.4 Å². The second kappa shape index (κ2) is 32.1. The summed E-state index contributed by atoms with van der Waals surface area (Å²) in [5, 5.41) is 0. The normalized spacial score (nSPS) is 23.3. The summed E-state index contributed by atoms with van der Waals surface area (Å²) in [6, 6.07) is 8.62. The smallest absolute Gasteiger partial charge is 0.410 e. The molecule has 3 aliphatic carbocycles. The topological polar surface area (TPSA) is 222 Å². The van der Waals surface area contributed by atoms with Crippen molar-refractivity contribution in [2.24, 2.45) is 35.5 Å². The number of amides is 6. The Labute approximate surface area is 532 Å². The molecule has 6 amide bonds. The van der Waals surface area contributed by atoms with Crippen LogP contribution in [-0.4, -0.2) is 182 Å². The van der Waals surface area contributed by atoms with Crippen LogP contribution in [-0.2, 0) is 28.6 Å². The third kappa shape index (κ3) is 22.2. The number of imidazole rings is 2. The lowest BCUT2D eigenvalue weighted by Crippen LogP contribution is -2.43. The monoisotopic (exact) mass is 1240 g/mol. The Morgan fingerprint density at radius 2 is 0.843 bits per heavy atom. The fraction of sp³-hybridized carbons (Fsp3) is 0.739. The number of benzene rings is 1. The van der Waals surface area contributed by atoms with Gasteiger partial charge in [0.25, 0.3) is 0 Å². The van der Waals surface area contributed by atoms with Crippen molar-refractivity contribution in [1.29, 1.82) is 0 Å². The van der Waals surface area contributed by atoms with Crippen molar-refractivity contribution in [2.45, 2.75) is 213 Å². The second-order valence-electron chi connectivity index (χ2n) is 29.7. The number of H-pyrrole nitrogens is 1. The molecule has 2 aromatic heterocycles. The zero-order valence-electron chi connectivity index (χ0n) is 56.3. The predicted molar refractivity (Wildman–Crippen MR) is 347 cm³/mol. The number of nitrogens with zero attached hydrogens (tertiary/aromatic N) is 9. The zero-order valence-corrected chi connectivity index (χ0v) is 56.3. The average molecular weight is 1240 g/mol. The number of hydrogen-bond acceptors (Lipinski definition) is 12. The SMILES string of the molecule is CN(CC1CCC(C(=O)N2CCC(c3ccc(N)cc3)CC2)CC1)C(=O)OC(C)(C)C.CN(CC1CCC(C(=O)N2CCC(c3cnc[nH]3)CC2)CC1)C(=O)OC(C)(C)C.CN(CC1CCC(C(=O)N2CCC(n3ccnc3)CC2)CC1)C(=O)OC(C)(C)C. The number of nitrogens with one attached hydrogen (secondary N) is 1. The van der Waals surface area contributed by atoms with E-state index in [4.69, 9.17) is 19.9 Å². The Bertz CT molecular complexity index is 2540. The third-order valence-electron chi connectivity index (χ3n) is 19.0. The number of rotatable bonds is 12. The number of carbonyl (C=O) groups excluding carboxylic acids is 6. The number of aromatic amines is 1. The number of aromatic nitrogens is 4. The first kappa shape index (κ1) is 70.1. The van der Waals surface area contributed by atoms with Gasteiger partial charge in [-0.15, -0.1) is 0 Å². The quantitative estimate of drug-likeness (QED) is 0.128. The summed E-state index contributed by atoms with van der Waals surface area (Å²) in [7, 11) is 5.40. The molecular formula is C69H111N11O9. The van der Waals surface area contributed by atoms with Crippen molar-refractivity contribution >= 4 is 41.7 Å². The minimum absolute atomic E-state index is 0.135. The number of nitrogen functional groups attached to an aromatic ring is 1. The predicted octanol–water partition coefficient (Wildman–Crippen LogP) is 12.2. The van der Waals surface area contributed by atoms with Crippen LogP contribution in [0.4, 0.5) is 20.1 Å². The number of anilines is 1. The fourth-order valence-electron chi connectivity index (χ4n) is 13.9. The molecule has 0 unspecified atom stereocenters. The highest BCUT2D eigenvalue weighted by Gasteiger charge is 2.37. The summed E-state index contributed by atoms with van der Waals surface area (Å²) in [4.78, 5) is 98.2. The van der Waals surface area contributed by atoms with Gasteiger partial charge < -0.3 is 58.9 Å². The van der Waals surface area contributed by atoms with Gasteiger partial charge in [0, 0.05) is 140 Å². The Hall–Kier alpha value is -6.34. The van der Waals surface area contributed by atoms with Crippen LogP contribution >= 0.6 is 0 Å². The summed E-state index contributed by atoms with van der Waals surface area (Å²) < 4.78 is 18.5. The van der Waals surface area contributed by atoms with Gasteiger partial charge in [-0.2, -0.15) is 0 Å². The van der Waals surface area contributed by atoms with Crippen molar-refractivity contribution in [1.82, 2.24) is 48.9 Å². The van der Waals surface area contributed by atoms with Gasteiger partial charge in [0.05, 0.1) is 12.7 Å². The summed E-state index contributed by atoms with van der Waals surface area (Å²) >= 11 is 0. The standard InChI is InChI=1S/C25H39N3O3.2C22H36N4O3/c1-25(2,3)31-24(30)27(4)17-18-5-7-21(8-6-18)23(29)28-15-13-20(14-16-28)19-9-11-22(26)12-10-19;1-22(2,3)29-21(28)24(4)15-17-5-7-18(8-6-17)20(27)25-12-9-19(10-13-25)26-14-11-23-16-26;1-22(2,3)29-21(28)25(4)14-16-5-7-18(8-6-16)20(27)26-11-9-17(10-12-26)19-13-23-15-24-19/h9-12,18,20-21H,5-8,13-17,26H2,1-4H3;11,14,16-19H,5-10,12-13,15H2,1-4H3;13,15-18H,5-12,14H2,1-4H3,(H,23,24). The second-order valence-corrected chi connectivity index (χ2v) is 29.7. The maximum Gasteiger partial charge on any atom is 0.410 e. The van der Waals surface area contributed by atoms with Crippen LogP contribution in [0.2, 0.25) is 0 Å². The molecule has 3 N–H and O–H groups in total. The molecule has 1 aromatic carbocycles. The zero-order chi connectivity index (χ0) is 64.6. The molecule has 3 saturated heterocycles. The molecule has 89 heavy (non-hydrogen) atoms. The first-order valence-corrected chi connectivity index (χ1v) is 33.6. The van der Waals surface area contributed by atoms with E-state index < -0.39 is 16.8 Å². The van der Waals surface area contributed by atoms with Crippen LogP contribution in [0.5, 0.6) is 0 Å². The van der Waals surface area contributed by atoms with Crippen LogP contribution in [0.1, 0.15) is 207 Å². The molecule has 20 nitrogen and oxygen atoms in total. The number of ether oxygens (including phenoxy) is 3. The Kier molecular flexibility index (Phi) is 25.3. The van der Waals surface area contributed by atoms with Gasteiger partial charge in [0.15, 0.2) is 0 Å². The van der Waals surface area contributed by atoms with E-state index in [-0.39, 0.29) is 36.0 Å². The van der Waals surface area contributed by atoms with Crippen molar-refractivity contribution < 1.29 is 43.0 Å². The molecule has 5 heterocycles. The third-order valence-corrected chi connectivity index (χ3v) is 19.0. The van der Waals surface area contributed by atoms with Crippen molar-refractivity contribution in [3.05, 3.63) is 66.8 Å². The van der Waals surface area contributed by atoms with Gasteiger partial charge in [-0.1, -0.05) is 12.1 Å². The number of piperidine rings is 3. The first-order chi connectivity index (χ1) is 42.1. The highest BCUT2D eigenvalue weighted by Crippen LogP contribution is 2.37. The highest BCUT2D eigenvalue weighted by molar-refractivity contribution is 5.80. The van der Waals surface area contributed by atoms with E-state index in [1.54, 1.807) is 42.2 Å². The lowest BCUT2D eigenvalue weighted by Gasteiger charge is -2.37. The van der Waals surface area contributed by atoms with Crippen LogP contribution in [0.3, 0.4) is 0 Å². The van der Waals surface area contributed by atoms with E-state index in [9.17, 15) is 28.8 Å². The lowest BCUT2D eigenvalue weighted by molar-refractivity contribution is -0.139. The minimum atomic E-state index is -0.475. The molecule has 496 valence electrons. The minimum Gasteiger partial charge on any atom is -0.444 e. The fourth-order valence-corrected chi connectivity index (χ4v) is 13.9. The molecule has 9 rings (SSSR count). The Morgan fingerprint density at radius 3 is 1.16 bits per heavy atom. The lowest BCUT2D eigenvalue weighted by atomic mass is 9.80. The van der Waals surface area contributed by atoms with Crippen LogP contribution < -0.4 is 5.73 Å². The molecular weight excluding hydrogens is 1130 g/mol. The molecule has 0 radical (unpaired) electrons. The maximum atomic E-state index is 13.1. The molecule has 3 aliphatic heterocycles. The number of likely N-dealkylation sites (tertiary alicyclic amines) is 3. The van der Waals surface area contributed by atoms with Gasteiger partial charge in [-0.05, 0) is 219 Å². The summed E-state index contributed by atoms with van der Waals surface area (Å²) in [5.74, 6) is 3.74. The van der Waals surface area contributed by atoms with Crippen LogP contribution in [0.25, 0.3) is 0 Å². The summed E-state index contributed by atoms with van der Waals surface area (Å²) in [6.07, 6.45) is 26.1. The van der Waals surface area contributed by atoms with E-state index in [0.717, 1.165) is 161 Å². The molecule has 6 aliphatic rings. The molecule has 0 atom stereocenters. The number of hydrogen-bond donors (Lipinski definition) is 2. The van der Waals surface area contributed by atoms with Gasteiger partial charge in [0.1, 0.15) is 16.8 Å². The first-order valence-electron chi connectivity index (χ1n) is 33.6. The Morgan fingerprint density at radius 1 is 0.494 bits per heavy atom. The summed E-state index contributed by atoms with van der Waals surface area (Å²) in [5.41, 5.74) is 7.69. The molecule has 0 bridgehead atoms. The largest absolute Gasteiger partial charge is 0.444 e. The van der Waals surface area contributed by atoms with Crippen molar-refractivity contribution in [3.63, 3.8) is 0 Å². The van der Waals surface area contributed by atoms with Gasteiger partial charge in [-0.3, -0.25) is 14.4 Å². The maximum absolute atomic E-state index is 13.1. The van der Waals surface area contributed by atoms with Crippen molar-refractivity contribution in [3.8, 4) is 0 Å². The summed E-state index contributed by atoms with van der Waals surface area (Å²) in [6.45, 7) is 24.1. The number of nitrogens with two attached hydrogens (primary N) is 1. The molecule has 20 heteroatoms. The average Bonchev–Trinajstić information content (AvgIpc) is 4.39. The van der Waals surface area contributed by atoms with Crippen LogP contribution in [0, 0.1) is 35.5 Å². The van der Waals surface area contributed by atoms with E-state index >= 15 is 0 Å². The Balaban J connectivity index is 0.000000190. The van der Waals surface area contributed by atoms with E-state index in [1.165, 1.54) is 11.3 Å².